The molecule has 0 radical (unpaired) electrons. The lowest BCUT2D eigenvalue weighted by molar-refractivity contribution is 0.198. The number of thiazole rings is 2. The number of aromatic nitrogens is 2. The normalized spacial score (nSPS) is 11.8. The molecular formula is C38H40N4O5S2. The van der Waals surface area contributed by atoms with Crippen LogP contribution in [0.25, 0.3) is 20.9 Å². The molecule has 5 heterocycles. The van der Waals surface area contributed by atoms with Crippen molar-refractivity contribution in [1.29, 1.82) is 0 Å². The monoisotopic (exact) mass is 696 g/mol. The molecule has 0 unspecified atom stereocenters. The maximum atomic E-state index is 11.7. The van der Waals surface area contributed by atoms with Gasteiger partial charge in [0.05, 0.1) is 26.9 Å². The van der Waals surface area contributed by atoms with Crippen molar-refractivity contribution >= 4 is 38.6 Å². The molecule has 9 nitrogen and oxygen atoms in total. The largest absolute Gasteiger partial charge is 0.428 e. The smallest absolute Gasteiger partial charge is 0.336 e. The minimum atomic E-state index is -0.359. The van der Waals surface area contributed by atoms with Gasteiger partial charge in [-0.3, -0.25) is 0 Å². The second-order valence-corrected chi connectivity index (χ2v) is 12.9. The highest BCUT2D eigenvalue weighted by Gasteiger charge is 2.14. The van der Waals surface area contributed by atoms with Crippen molar-refractivity contribution in [1.82, 2.24) is 9.97 Å². The van der Waals surface area contributed by atoms with Crippen LogP contribution in [-0.4, -0.2) is 28.9 Å². The Balaban J connectivity index is 0.000000214. The molecule has 1 aliphatic heterocycles. The van der Waals surface area contributed by atoms with E-state index in [9.17, 15) is 9.59 Å². The first kappa shape index (κ1) is 36.9. The molecule has 0 amide bonds. The van der Waals surface area contributed by atoms with Crippen LogP contribution in [0.3, 0.4) is 0 Å². The summed E-state index contributed by atoms with van der Waals surface area (Å²) in [7, 11) is 0. The van der Waals surface area contributed by atoms with Crippen molar-refractivity contribution in [2.75, 3.05) is 18.9 Å². The Morgan fingerprint density at radius 1 is 0.694 bits per heavy atom. The molecule has 6 aromatic rings. The first-order chi connectivity index (χ1) is 23.2. The van der Waals surface area contributed by atoms with Gasteiger partial charge in [0, 0.05) is 47.6 Å². The number of anilines is 1. The summed E-state index contributed by atoms with van der Waals surface area (Å²) in [6, 6.07) is 26.7. The molecule has 1 saturated heterocycles. The van der Waals surface area contributed by atoms with Crippen LogP contribution >= 0.6 is 22.7 Å². The molecule has 4 aromatic heterocycles. The molecule has 254 valence electrons. The standard InChI is InChI=1S/C23H18N2O2S.C10H10N2O2S.C4H8O.CH4/c1-15-13-19(14-20(26)27-15)22-16(2)24-23(28-22)25-21(17-9-5-3-6-10-17)18-11-7-4-8-12-18;1-5-3-7(4-8(13)14-5)9-6(2)12-10(11)15-9;1-2-4-5-3-1;/h3-14H,1-2H3;3-4H,1-2H3,(H2,11,12);1-4H2;1H4. The summed E-state index contributed by atoms with van der Waals surface area (Å²) in [5.41, 5.74) is 11.1. The second kappa shape index (κ2) is 17.4. The number of nitrogens with zero attached hydrogens (tertiary/aromatic N) is 3. The van der Waals surface area contributed by atoms with E-state index in [-0.39, 0.29) is 18.7 Å². The molecule has 0 spiro atoms. The van der Waals surface area contributed by atoms with E-state index in [1.165, 1.54) is 47.6 Å². The van der Waals surface area contributed by atoms with Crippen molar-refractivity contribution in [2.45, 2.75) is 48.0 Å². The zero-order valence-corrected chi connectivity index (χ0v) is 28.8. The molecule has 2 aromatic carbocycles. The number of nitrogen functional groups attached to an aromatic ring is 1. The number of benzene rings is 2. The lowest BCUT2D eigenvalue weighted by atomic mass is 10.0. The van der Waals surface area contributed by atoms with E-state index >= 15 is 0 Å². The van der Waals surface area contributed by atoms with E-state index in [2.05, 4.69) is 9.97 Å². The highest BCUT2D eigenvalue weighted by molar-refractivity contribution is 7.19. The summed E-state index contributed by atoms with van der Waals surface area (Å²) in [6.45, 7) is 9.31. The van der Waals surface area contributed by atoms with Crippen molar-refractivity contribution < 1.29 is 13.6 Å². The molecular weight excluding hydrogens is 657 g/mol. The van der Waals surface area contributed by atoms with E-state index in [4.69, 9.17) is 24.3 Å². The third kappa shape index (κ3) is 10.3. The van der Waals surface area contributed by atoms with E-state index in [0.29, 0.717) is 21.8 Å². The third-order valence-electron chi connectivity index (χ3n) is 7.04. The predicted molar refractivity (Wildman–Crippen MR) is 200 cm³/mol. The Morgan fingerprint density at radius 3 is 1.57 bits per heavy atom. The minimum absolute atomic E-state index is 0. The van der Waals surface area contributed by atoms with Crippen LogP contribution in [-0.2, 0) is 4.74 Å². The fourth-order valence-electron chi connectivity index (χ4n) is 4.95. The molecule has 11 heteroatoms. The Bertz CT molecular complexity index is 2060. The number of nitrogens with two attached hydrogens (primary N) is 1. The first-order valence-electron chi connectivity index (χ1n) is 15.4. The molecule has 0 aliphatic carbocycles. The van der Waals surface area contributed by atoms with Crippen molar-refractivity contribution in [3.8, 4) is 20.9 Å². The average molecular weight is 697 g/mol. The topological polar surface area (TPSA) is 134 Å². The SMILES string of the molecule is C.C1CCOC1.Cc1cc(-c2sc(N)nc2C)cc(=O)o1.Cc1cc(-c2sc(N=C(c3ccccc3)c3ccccc3)nc2C)cc(=O)o1. The summed E-state index contributed by atoms with van der Waals surface area (Å²) in [6.07, 6.45) is 2.56. The van der Waals surface area contributed by atoms with Crippen molar-refractivity contribution in [3.05, 3.63) is 140 Å². The maximum Gasteiger partial charge on any atom is 0.336 e. The Kier molecular flexibility index (Phi) is 13.1. The van der Waals surface area contributed by atoms with Gasteiger partial charge in [-0.2, -0.15) is 0 Å². The van der Waals surface area contributed by atoms with Gasteiger partial charge < -0.3 is 19.3 Å². The Labute approximate surface area is 293 Å². The highest BCUT2D eigenvalue weighted by atomic mass is 32.1. The summed E-state index contributed by atoms with van der Waals surface area (Å²) >= 11 is 2.84. The van der Waals surface area contributed by atoms with E-state index in [1.807, 2.05) is 80.6 Å². The lowest BCUT2D eigenvalue weighted by Crippen LogP contribution is -2.02. The predicted octanol–water partition coefficient (Wildman–Crippen LogP) is 8.94. The van der Waals surface area contributed by atoms with Crippen LogP contribution in [0.5, 0.6) is 0 Å². The van der Waals surface area contributed by atoms with Crippen LogP contribution in [0.1, 0.15) is 54.3 Å². The van der Waals surface area contributed by atoms with Crippen LogP contribution < -0.4 is 17.0 Å². The molecule has 0 saturated carbocycles. The van der Waals surface area contributed by atoms with Crippen LogP contribution in [0.15, 0.2) is 108 Å². The van der Waals surface area contributed by atoms with Crippen molar-refractivity contribution in [2.24, 2.45) is 4.99 Å². The second-order valence-electron chi connectivity index (χ2n) is 10.9. The molecule has 0 atom stereocenters. The number of hydrogen-bond acceptors (Lipinski definition) is 11. The number of aliphatic imine (C=N–C) groups is 1. The summed E-state index contributed by atoms with van der Waals surface area (Å²) < 4.78 is 14.9. The van der Waals surface area contributed by atoms with Crippen LogP contribution in [0.2, 0.25) is 0 Å². The molecule has 1 aliphatic rings. The number of aryl methyl sites for hydroxylation is 4. The minimum Gasteiger partial charge on any atom is -0.428 e. The number of ether oxygens (including phenoxy) is 1. The highest BCUT2D eigenvalue weighted by Crippen LogP contribution is 2.35. The van der Waals surface area contributed by atoms with Gasteiger partial charge in [0.2, 0.25) is 5.13 Å². The summed E-state index contributed by atoms with van der Waals surface area (Å²) in [5, 5.41) is 1.16. The van der Waals surface area contributed by atoms with Gasteiger partial charge in [-0.05, 0) is 52.7 Å². The van der Waals surface area contributed by atoms with Crippen molar-refractivity contribution in [3.63, 3.8) is 0 Å². The van der Waals surface area contributed by atoms with Gasteiger partial charge in [0.1, 0.15) is 11.5 Å². The third-order valence-corrected chi connectivity index (χ3v) is 9.18. The summed E-state index contributed by atoms with van der Waals surface area (Å²) in [5.74, 6) is 1.17. The van der Waals surface area contributed by atoms with Crippen LogP contribution in [0.4, 0.5) is 10.3 Å². The van der Waals surface area contributed by atoms with Crippen LogP contribution in [0, 0.1) is 27.7 Å². The van der Waals surface area contributed by atoms with Gasteiger partial charge in [-0.1, -0.05) is 90.8 Å². The number of rotatable bonds is 5. The van der Waals surface area contributed by atoms with Gasteiger partial charge in [0.25, 0.3) is 0 Å². The van der Waals surface area contributed by atoms with Gasteiger partial charge in [0.15, 0.2) is 5.13 Å². The Morgan fingerprint density at radius 2 is 1.16 bits per heavy atom. The Hall–Kier alpha value is -4.97. The summed E-state index contributed by atoms with van der Waals surface area (Å²) in [4.78, 5) is 38.4. The average Bonchev–Trinajstić information content (AvgIpc) is 3.83. The quantitative estimate of drug-likeness (QED) is 0.177. The fourth-order valence-corrected chi connectivity index (χ4v) is 6.70. The maximum absolute atomic E-state index is 11.7. The molecule has 49 heavy (non-hydrogen) atoms. The number of hydrogen-bond donors (Lipinski definition) is 1. The van der Waals surface area contributed by atoms with Gasteiger partial charge in [-0.15, -0.1) is 0 Å². The van der Waals surface area contributed by atoms with Gasteiger partial charge in [-0.25, -0.2) is 24.5 Å². The fraction of sp³-hybridized carbons (Fsp3) is 0.237. The van der Waals surface area contributed by atoms with Gasteiger partial charge >= 0.3 is 11.3 Å². The van der Waals surface area contributed by atoms with E-state index in [1.54, 1.807) is 19.9 Å². The zero-order valence-electron chi connectivity index (χ0n) is 27.2. The van der Waals surface area contributed by atoms with E-state index < -0.39 is 0 Å². The molecule has 1 fully saturated rings. The zero-order chi connectivity index (χ0) is 34.0. The molecule has 0 bridgehead atoms. The van der Waals surface area contributed by atoms with E-state index in [0.717, 1.165) is 62.3 Å². The molecule has 7 rings (SSSR count). The first-order valence-corrected chi connectivity index (χ1v) is 17.0. The lowest BCUT2D eigenvalue weighted by Gasteiger charge is -2.06. The molecule has 2 N–H and O–H groups in total.